The van der Waals surface area contributed by atoms with Crippen molar-refractivity contribution >= 4 is 5.97 Å². The van der Waals surface area contributed by atoms with E-state index in [1.807, 2.05) is 0 Å². The van der Waals surface area contributed by atoms with Gasteiger partial charge >= 0.3 is 5.97 Å². The van der Waals surface area contributed by atoms with Crippen LogP contribution < -0.4 is 0 Å². The van der Waals surface area contributed by atoms with Crippen LogP contribution in [-0.4, -0.2) is 87.8 Å². The van der Waals surface area contributed by atoms with E-state index in [0.717, 1.165) is 0 Å². The maximum Gasteiger partial charge on any atom is 0.337 e. The molecule has 1 saturated carbocycles. The molecule has 0 aromatic carbocycles. The first-order valence-corrected chi connectivity index (χ1v) is 8.83. The number of carbonyl (C=O) groups is 1. The van der Waals surface area contributed by atoms with Crippen LogP contribution in [0, 0.1) is 11.8 Å². The van der Waals surface area contributed by atoms with E-state index in [0.29, 0.717) is 12.8 Å². The van der Waals surface area contributed by atoms with Crippen molar-refractivity contribution in [2.24, 2.45) is 11.8 Å². The third-order valence-electron chi connectivity index (χ3n) is 5.67. The number of aliphatic hydroxyl groups is 5. The summed E-state index contributed by atoms with van der Waals surface area (Å²) < 4.78 is 21.3. The second-order valence-electron chi connectivity index (χ2n) is 7.43. The molecule has 0 radical (unpaired) electrons. The third-order valence-corrected chi connectivity index (χ3v) is 5.67. The van der Waals surface area contributed by atoms with E-state index in [-0.39, 0.29) is 11.5 Å². The van der Waals surface area contributed by atoms with Crippen molar-refractivity contribution in [2.45, 2.75) is 62.4 Å². The fourth-order valence-corrected chi connectivity index (χ4v) is 4.12. The van der Waals surface area contributed by atoms with Crippen molar-refractivity contribution in [1.82, 2.24) is 0 Å². The largest absolute Gasteiger partial charge is 0.471 e. The standard InChI is InChI=1S/C17H26O10/c1-17(23)4-3-7-8(14(22)24-2)6-25-15(10(7)17)27-16-13(21)12(20)11(19)9(5-18)26-16/h6-7,9-13,15-16,18-21,23H,3-5H2,1-2H3/t7-,9+,10-,11+,12-,13+,15-,16-,17+/m0/s1. The summed E-state index contributed by atoms with van der Waals surface area (Å²) in [4.78, 5) is 12.0. The maximum atomic E-state index is 12.0. The predicted molar refractivity (Wildman–Crippen MR) is 86.7 cm³/mol. The Hall–Kier alpha value is -1.27. The fraction of sp³-hybridized carbons (Fsp3) is 0.824. The van der Waals surface area contributed by atoms with Crippen molar-refractivity contribution in [2.75, 3.05) is 13.7 Å². The molecule has 2 heterocycles. The molecule has 0 amide bonds. The molecule has 5 N–H and O–H groups in total. The molecular formula is C17H26O10. The molecule has 0 aromatic heterocycles. The Morgan fingerprint density at radius 1 is 1.26 bits per heavy atom. The molecule has 3 aliphatic rings. The van der Waals surface area contributed by atoms with Gasteiger partial charge in [0.2, 0.25) is 6.29 Å². The van der Waals surface area contributed by atoms with Gasteiger partial charge in [-0.3, -0.25) is 0 Å². The van der Waals surface area contributed by atoms with E-state index < -0.39 is 61.1 Å². The Morgan fingerprint density at radius 2 is 1.96 bits per heavy atom. The Bertz CT molecular complexity index is 588. The molecule has 10 heteroatoms. The number of esters is 1. The van der Waals surface area contributed by atoms with E-state index in [1.165, 1.54) is 13.4 Å². The van der Waals surface area contributed by atoms with Crippen LogP contribution in [0.3, 0.4) is 0 Å². The molecule has 10 nitrogen and oxygen atoms in total. The highest BCUT2D eigenvalue weighted by molar-refractivity contribution is 5.89. The molecule has 154 valence electrons. The minimum atomic E-state index is -1.60. The van der Waals surface area contributed by atoms with Gasteiger partial charge in [-0.05, 0) is 19.8 Å². The number of hydrogen-bond acceptors (Lipinski definition) is 10. The van der Waals surface area contributed by atoms with Crippen molar-refractivity contribution < 1.29 is 49.3 Å². The number of methoxy groups -OCH3 is 1. The Balaban J connectivity index is 1.82. The summed E-state index contributed by atoms with van der Waals surface area (Å²) in [7, 11) is 1.25. The molecule has 2 fully saturated rings. The van der Waals surface area contributed by atoms with Gasteiger partial charge in [0.25, 0.3) is 0 Å². The van der Waals surface area contributed by atoms with Gasteiger partial charge in [0.1, 0.15) is 24.4 Å². The van der Waals surface area contributed by atoms with E-state index >= 15 is 0 Å². The highest BCUT2D eigenvalue weighted by Gasteiger charge is 2.56. The molecule has 1 aliphatic carbocycles. The van der Waals surface area contributed by atoms with Crippen LogP contribution in [0.25, 0.3) is 0 Å². The zero-order chi connectivity index (χ0) is 19.9. The Labute approximate surface area is 155 Å². The highest BCUT2D eigenvalue weighted by atomic mass is 16.8. The molecule has 3 rings (SSSR count). The summed E-state index contributed by atoms with van der Waals surface area (Å²) in [5, 5.41) is 49.9. The van der Waals surface area contributed by atoms with Gasteiger partial charge in [-0.25, -0.2) is 4.79 Å². The third kappa shape index (κ3) is 3.58. The average Bonchev–Trinajstić information content (AvgIpc) is 2.97. The van der Waals surface area contributed by atoms with Gasteiger partial charge in [0, 0.05) is 5.92 Å². The van der Waals surface area contributed by atoms with Gasteiger partial charge in [-0.1, -0.05) is 0 Å². The van der Waals surface area contributed by atoms with Gasteiger partial charge in [-0.15, -0.1) is 0 Å². The minimum absolute atomic E-state index is 0.286. The maximum absolute atomic E-state index is 12.0. The zero-order valence-corrected chi connectivity index (χ0v) is 15.1. The van der Waals surface area contributed by atoms with Crippen LogP contribution >= 0.6 is 0 Å². The van der Waals surface area contributed by atoms with E-state index in [2.05, 4.69) is 0 Å². The van der Waals surface area contributed by atoms with Gasteiger partial charge in [0.05, 0.1) is 37.1 Å². The molecule has 0 unspecified atom stereocenters. The number of aliphatic hydroxyl groups excluding tert-OH is 4. The van der Waals surface area contributed by atoms with E-state index in [4.69, 9.17) is 18.9 Å². The summed E-state index contributed by atoms with van der Waals surface area (Å²) in [5.74, 6) is -1.59. The van der Waals surface area contributed by atoms with Gasteiger partial charge in [0.15, 0.2) is 6.29 Å². The topological polar surface area (TPSA) is 155 Å². The Morgan fingerprint density at radius 3 is 2.59 bits per heavy atom. The smallest absolute Gasteiger partial charge is 0.337 e. The molecule has 2 aliphatic heterocycles. The predicted octanol–water partition coefficient (Wildman–Crippen LogP) is -2.01. The Kier molecular flexibility index (Phi) is 5.78. The lowest BCUT2D eigenvalue weighted by atomic mass is 9.81. The van der Waals surface area contributed by atoms with Gasteiger partial charge in [-0.2, -0.15) is 0 Å². The number of rotatable bonds is 4. The SMILES string of the molecule is COC(=O)C1=CO[C@@H](O[C@@H]2O[C@H](CO)[C@@H](O)[C@H](O)[C@H]2O)[C@@H]2[C@H]1CC[C@@]2(C)O. The van der Waals surface area contributed by atoms with Crippen molar-refractivity contribution in [1.29, 1.82) is 0 Å². The van der Waals surface area contributed by atoms with Crippen molar-refractivity contribution in [3.63, 3.8) is 0 Å². The summed E-state index contributed by atoms with van der Waals surface area (Å²) in [6.07, 6.45) is -6.19. The van der Waals surface area contributed by atoms with Crippen LogP contribution in [0.2, 0.25) is 0 Å². The second-order valence-corrected chi connectivity index (χ2v) is 7.43. The minimum Gasteiger partial charge on any atom is -0.471 e. The van der Waals surface area contributed by atoms with Crippen molar-refractivity contribution in [3.05, 3.63) is 11.8 Å². The number of ether oxygens (including phenoxy) is 4. The highest BCUT2D eigenvalue weighted by Crippen LogP contribution is 2.49. The van der Waals surface area contributed by atoms with Crippen LogP contribution in [0.15, 0.2) is 11.8 Å². The van der Waals surface area contributed by atoms with E-state index in [1.54, 1.807) is 6.92 Å². The van der Waals surface area contributed by atoms with Crippen LogP contribution in [0.4, 0.5) is 0 Å². The monoisotopic (exact) mass is 390 g/mol. The zero-order valence-electron chi connectivity index (χ0n) is 15.1. The summed E-state index contributed by atoms with van der Waals surface area (Å²) >= 11 is 0. The van der Waals surface area contributed by atoms with Crippen LogP contribution in [-0.2, 0) is 23.7 Å². The number of carbonyl (C=O) groups excluding carboxylic acids is 1. The molecule has 1 saturated heterocycles. The lowest BCUT2D eigenvalue weighted by molar-refractivity contribution is -0.346. The van der Waals surface area contributed by atoms with Crippen molar-refractivity contribution in [3.8, 4) is 0 Å². The van der Waals surface area contributed by atoms with Crippen LogP contribution in [0.5, 0.6) is 0 Å². The first-order chi connectivity index (χ1) is 12.7. The summed E-state index contributed by atoms with van der Waals surface area (Å²) in [5.41, 5.74) is -0.925. The molecule has 0 bridgehead atoms. The van der Waals surface area contributed by atoms with E-state index in [9.17, 15) is 30.3 Å². The summed E-state index contributed by atoms with van der Waals surface area (Å²) in [6.45, 7) is 1.01. The normalized spacial score (nSPS) is 47.0. The molecule has 0 spiro atoms. The first kappa shape index (κ1) is 20.5. The van der Waals surface area contributed by atoms with Crippen LogP contribution in [0.1, 0.15) is 19.8 Å². The fourth-order valence-electron chi connectivity index (χ4n) is 4.12. The van der Waals surface area contributed by atoms with Gasteiger partial charge < -0.3 is 44.5 Å². The number of hydrogen-bond donors (Lipinski definition) is 5. The molecule has 9 atom stereocenters. The quantitative estimate of drug-likeness (QED) is 0.340. The molecule has 0 aromatic rings. The lowest BCUT2D eigenvalue weighted by Gasteiger charge is -2.44. The average molecular weight is 390 g/mol. The summed E-state index contributed by atoms with van der Waals surface area (Å²) in [6, 6.07) is 0. The molecule has 27 heavy (non-hydrogen) atoms. The lowest BCUT2D eigenvalue weighted by Crippen LogP contribution is -2.60. The first-order valence-electron chi connectivity index (χ1n) is 8.83. The second kappa shape index (κ2) is 7.63. The molecular weight excluding hydrogens is 364 g/mol. The number of fused-ring (bicyclic) bond motifs is 1.